The minimum Gasteiger partial charge on any atom is -0.396 e. The summed E-state index contributed by atoms with van der Waals surface area (Å²) in [7, 11) is 0. The molecule has 0 spiro atoms. The van der Waals surface area contributed by atoms with Gasteiger partial charge in [-0.2, -0.15) is 0 Å². The topological polar surface area (TPSA) is 79.8 Å². The number of carbonyl (C=O) groups excluding carboxylic acids is 2. The number of amides is 2. The predicted molar refractivity (Wildman–Crippen MR) is 118 cm³/mol. The molecule has 0 saturated carbocycles. The molecule has 0 bridgehead atoms. The van der Waals surface area contributed by atoms with Crippen molar-refractivity contribution in [1.82, 2.24) is 10.6 Å². The summed E-state index contributed by atoms with van der Waals surface area (Å²) in [6, 6.07) is 7.39. The van der Waals surface area contributed by atoms with Crippen molar-refractivity contribution < 1.29 is 14.4 Å². The summed E-state index contributed by atoms with van der Waals surface area (Å²) in [6.07, 6.45) is 7.56. The van der Waals surface area contributed by atoms with Gasteiger partial charge in [-0.25, -0.2) is 0 Å². The zero-order valence-corrected chi connectivity index (χ0v) is 18.3. The highest BCUT2D eigenvalue weighted by atomic mass is 16.6. The number of hydrogen-bond donors (Lipinski definition) is 2. The second-order valence-electron chi connectivity index (χ2n) is 7.21. The zero-order chi connectivity index (χ0) is 21.3. The van der Waals surface area contributed by atoms with Crippen molar-refractivity contribution >= 4 is 17.5 Å². The van der Waals surface area contributed by atoms with Crippen molar-refractivity contribution in [2.75, 3.05) is 19.7 Å². The second-order valence-corrected chi connectivity index (χ2v) is 7.21. The molecule has 0 radical (unpaired) electrons. The van der Waals surface area contributed by atoms with Crippen LogP contribution in [0.25, 0.3) is 0 Å². The van der Waals surface area contributed by atoms with Crippen molar-refractivity contribution in [3.05, 3.63) is 35.4 Å². The van der Waals surface area contributed by atoms with Gasteiger partial charge in [0.25, 0.3) is 5.91 Å². The van der Waals surface area contributed by atoms with E-state index in [0.29, 0.717) is 31.7 Å². The Bertz CT molecular complexity index is 627. The van der Waals surface area contributed by atoms with Crippen molar-refractivity contribution in [3.8, 4) is 0 Å². The minimum absolute atomic E-state index is 0.0414. The highest BCUT2D eigenvalue weighted by Crippen LogP contribution is 2.07. The molecule has 1 rings (SSSR count). The zero-order valence-electron chi connectivity index (χ0n) is 18.3. The van der Waals surface area contributed by atoms with Gasteiger partial charge in [-0.15, -0.1) is 0 Å². The van der Waals surface area contributed by atoms with E-state index in [1.54, 1.807) is 0 Å². The molecule has 0 aliphatic rings. The molecule has 2 N–H and O–H groups in total. The van der Waals surface area contributed by atoms with E-state index in [-0.39, 0.29) is 11.8 Å². The van der Waals surface area contributed by atoms with Gasteiger partial charge < -0.3 is 15.5 Å². The third-order valence-electron chi connectivity index (χ3n) is 4.57. The Morgan fingerprint density at radius 2 is 1.48 bits per heavy atom. The van der Waals surface area contributed by atoms with Gasteiger partial charge in [-0.3, -0.25) is 9.59 Å². The lowest BCUT2D eigenvalue weighted by Gasteiger charge is -2.07. The third-order valence-corrected chi connectivity index (χ3v) is 4.57. The number of rotatable bonds is 15. The molecular formula is C23H37N3O3. The van der Waals surface area contributed by atoms with Crippen molar-refractivity contribution in [3.63, 3.8) is 0 Å². The summed E-state index contributed by atoms with van der Waals surface area (Å²) < 4.78 is 0. The number of nitrogens with one attached hydrogen (secondary N) is 2. The molecule has 0 atom stereocenters. The Hall–Kier alpha value is -2.37. The molecule has 0 unspecified atom stereocenters. The fourth-order valence-electron chi connectivity index (χ4n) is 2.68. The number of nitrogens with zero attached hydrogens (tertiary/aromatic N) is 1. The molecule has 6 heteroatoms. The van der Waals surface area contributed by atoms with Crippen LogP contribution >= 0.6 is 0 Å². The average Bonchev–Trinajstić information content (AvgIpc) is 2.74. The molecule has 0 aromatic heterocycles. The third kappa shape index (κ3) is 11.3. The van der Waals surface area contributed by atoms with Crippen LogP contribution in [0.1, 0.15) is 88.1 Å². The van der Waals surface area contributed by atoms with Crippen LogP contribution in [0.15, 0.2) is 29.4 Å². The van der Waals surface area contributed by atoms with Crippen LogP contribution in [-0.2, 0) is 9.63 Å². The van der Waals surface area contributed by atoms with Gasteiger partial charge in [-0.1, -0.05) is 50.4 Å². The van der Waals surface area contributed by atoms with Gasteiger partial charge in [0.05, 0.1) is 5.71 Å². The lowest BCUT2D eigenvalue weighted by atomic mass is 10.1. The van der Waals surface area contributed by atoms with Crippen molar-refractivity contribution in [2.45, 2.75) is 72.1 Å². The summed E-state index contributed by atoms with van der Waals surface area (Å²) in [4.78, 5) is 29.0. The van der Waals surface area contributed by atoms with Crippen LogP contribution in [0.5, 0.6) is 0 Å². The lowest BCUT2D eigenvalue weighted by molar-refractivity contribution is -0.121. The van der Waals surface area contributed by atoms with Gasteiger partial charge in [0, 0.05) is 25.1 Å². The van der Waals surface area contributed by atoms with E-state index in [9.17, 15) is 9.59 Å². The molecule has 1 aromatic rings. The molecule has 0 aliphatic heterocycles. The molecule has 6 nitrogen and oxygen atoms in total. The van der Waals surface area contributed by atoms with E-state index >= 15 is 0 Å². The summed E-state index contributed by atoms with van der Waals surface area (Å²) in [5.74, 6) is 0.0833. The minimum atomic E-state index is -0.0414. The first-order valence-corrected chi connectivity index (χ1v) is 10.9. The van der Waals surface area contributed by atoms with Crippen LogP contribution in [0.2, 0.25) is 0 Å². The second kappa shape index (κ2) is 15.5. The molecule has 0 fully saturated rings. The smallest absolute Gasteiger partial charge is 0.251 e. The molecule has 0 heterocycles. The van der Waals surface area contributed by atoms with Crippen LogP contribution in [0.4, 0.5) is 0 Å². The van der Waals surface area contributed by atoms with E-state index in [4.69, 9.17) is 4.84 Å². The number of benzene rings is 1. The Balaban J connectivity index is 2.26. The Morgan fingerprint density at radius 1 is 0.862 bits per heavy atom. The van der Waals surface area contributed by atoms with Crippen molar-refractivity contribution in [1.29, 1.82) is 0 Å². The molecular weight excluding hydrogens is 366 g/mol. The van der Waals surface area contributed by atoms with Crippen LogP contribution in [0, 0.1) is 0 Å². The molecule has 1 aromatic carbocycles. The van der Waals surface area contributed by atoms with Crippen LogP contribution in [-0.4, -0.2) is 37.2 Å². The maximum Gasteiger partial charge on any atom is 0.251 e. The first-order valence-electron chi connectivity index (χ1n) is 10.9. The van der Waals surface area contributed by atoms with Gasteiger partial charge >= 0.3 is 0 Å². The number of hydrogen-bond acceptors (Lipinski definition) is 4. The fourth-order valence-corrected chi connectivity index (χ4v) is 2.68. The molecule has 2 amide bonds. The van der Waals surface area contributed by atoms with Crippen molar-refractivity contribution in [2.24, 2.45) is 5.16 Å². The first kappa shape index (κ1) is 24.7. The highest BCUT2D eigenvalue weighted by Gasteiger charge is 2.06. The summed E-state index contributed by atoms with van der Waals surface area (Å²) >= 11 is 0. The van der Waals surface area contributed by atoms with Gasteiger partial charge in [0.1, 0.15) is 6.61 Å². The summed E-state index contributed by atoms with van der Waals surface area (Å²) in [5.41, 5.74) is 2.35. The molecule has 29 heavy (non-hydrogen) atoms. The molecule has 0 saturated heterocycles. The van der Waals surface area contributed by atoms with E-state index in [1.807, 2.05) is 31.2 Å². The maximum absolute atomic E-state index is 12.1. The van der Waals surface area contributed by atoms with Crippen LogP contribution in [0.3, 0.4) is 0 Å². The monoisotopic (exact) mass is 403 g/mol. The first-order chi connectivity index (χ1) is 14.1. The maximum atomic E-state index is 12.1. The Kier molecular flexibility index (Phi) is 13.2. The SMILES string of the molecule is CCCCCNC(=O)c1ccc(/C(C)=N/OCCCCNC(=O)CCCC)cc1. The average molecular weight is 404 g/mol. The highest BCUT2D eigenvalue weighted by molar-refractivity contribution is 6.00. The van der Waals surface area contributed by atoms with E-state index in [2.05, 4.69) is 29.6 Å². The number of unbranched alkanes of at least 4 members (excludes halogenated alkanes) is 4. The quantitative estimate of drug-likeness (QED) is 0.258. The molecule has 162 valence electrons. The summed E-state index contributed by atoms with van der Waals surface area (Å²) in [5, 5.41) is 9.99. The predicted octanol–water partition coefficient (Wildman–Crippen LogP) is 4.43. The Morgan fingerprint density at radius 3 is 2.17 bits per heavy atom. The van der Waals surface area contributed by atoms with Gasteiger partial charge in [0.2, 0.25) is 5.91 Å². The fraction of sp³-hybridized carbons (Fsp3) is 0.609. The normalized spacial score (nSPS) is 11.2. The lowest BCUT2D eigenvalue weighted by Crippen LogP contribution is -2.24. The van der Waals surface area contributed by atoms with Crippen LogP contribution < -0.4 is 10.6 Å². The number of carbonyl (C=O) groups is 2. The Labute approximate surface area is 175 Å². The summed E-state index contributed by atoms with van der Waals surface area (Å²) in [6.45, 7) is 8.01. The molecule has 0 aliphatic carbocycles. The van der Waals surface area contributed by atoms with Gasteiger partial charge in [0.15, 0.2) is 0 Å². The number of oxime groups is 1. The van der Waals surface area contributed by atoms with E-state index in [0.717, 1.165) is 56.2 Å². The van der Waals surface area contributed by atoms with Gasteiger partial charge in [-0.05, 0) is 50.3 Å². The standard InChI is InChI=1S/C23H37N3O3/c1-4-6-8-17-25-23(28)21-14-12-20(13-15-21)19(3)26-29-18-10-9-16-24-22(27)11-7-5-2/h12-15H,4-11,16-18H2,1-3H3,(H,24,27)(H,25,28)/b26-19+. The van der Waals surface area contributed by atoms with E-state index < -0.39 is 0 Å². The van der Waals surface area contributed by atoms with E-state index in [1.165, 1.54) is 0 Å². The largest absolute Gasteiger partial charge is 0.396 e.